The molecule has 1 aliphatic carbocycles. The van der Waals surface area contributed by atoms with Crippen LogP contribution in [0.1, 0.15) is 35.6 Å². The molecule has 0 bridgehead atoms. The Labute approximate surface area is 219 Å². The molecule has 0 aliphatic heterocycles. The summed E-state index contributed by atoms with van der Waals surface area (Å²) < 4.78 is 0. The third kappa shape index (κ3) is 6.73. The molecule has 0 fully saturated rings. The van der Waals surface area contributed by atoms with Gasteiger partial charge >= 0.3 is 0 Å². The van der Waals surface area contributed by atoms with Gasteiger partial charge in [0.1, 0.15) is 0 Å². The zero-order chi connectivity index (χ0) is 23.9. The van der Waals surface area contributed by atoms with E-state index in [4.69, 9.17) is 4.98 Å². The van der Waals surface area contributed by atoms with E-state index in [9.17, 15) is 9.90 Å². The Bertz CT molecular complexity index is 1390. The van der Waals surface area contributed by atoms with E-state index in [1.807, 2.05) is 48.5 Å². The van der Waals surface area contributed by atoms with Gasteiger partial charge in [0.15, 0.2) is 5.78 Å². The van der Waals surface area contributed by atoms with Crippen molar-refractivity contribution in [1.29, 1.82) is 0 Å². The Morgan fingerprint density at radius 1 is 1.03 bits per heavy atom. The maximum Gasteiger partial charge on any atom is 0.155 e. The second kappa shape index (κ2) is 12.2. The molecule has 0 saturated carbocycles. The van der Waals surface area contributed by atoms with Crippen LogP contribution in [-0.4, -0.2) is 15.9 Å². The van der Waals surface area contributed by atoms with Crippen LogP contribution < -0.4 is 0 Å². The number of aryl methyl sites for hydroxylation is 1. The van der Waals surface area contributed by atoms with Gasteiger partial charge < -0.3 is 5.11 Å². The van der Waals surface area contributed by atoms with Gasteiger partial charge in [-0.1, -0.05) is 67.3 Å². The SMILES string of the molecule is C=Cc1ccc(CCC(O)=CC(C)=O)cc1.[Ir].[c-]1ccccc1-c1cc2c3c(cccc3n1)C=C2. The molecule has 35 heavy (non-hydrogen) atoms. The van der Waals surface area contributed by atoms with Crippen molar-refractivity contribution in [2.75, 3.05) is 0 Å². The van der Waals surface area contributed by atoms with Gasteiger partial charge in [-0.15, -0.1) is 35.9 Å². The first-order chi connectivity index (χ1) is 16.5. The summed E-state index contributed by atoms with van der Waals surface area (Å²) in [4.78, 5) is 15.4. The van der Waals surface area contributed by atoms with E-state index in [2.05, 4.69) is 49.1 Å². The Balaban J connectivity index is 0.000000192. The van der Waals surface area contributed by atoms with Crippen molar-refractivity contribution in [3.8, 4) is 11.3 Å². The minimum absolute atomic E-state index is 0. The molecule has 1 N–H and O–H groups in total. The number of benzene rings is 3. The van der Waals surface area contributed by atoms with Gasteiger partial charge in [0, 0.05) is 38.0 Å². The first-order valence-corrected chi connectivity index (χ1v) is 11.2. The Hall–Kier alpha value is -3.59. The zero-order valence-corrected chi connectivity index (χ0v) is 21.9. The van der Waals surface area contributed by atoms with Crippen molar-refractivity contribution in [2.24, 2.45) is 0 Å². The van der Waals surface area contributed by atoms with Gasteiger partial charge in [-0.2, -0.15) is 0 Å². The molecular weight excluding hydrogens is 611 g/mol. The van der Waals surface area contributed by atoms with E-state index in [-0.39, 0.29) is 31.6 Å². The molecule has 3 aromatic carbocycles. The fraction of sp³-hybridized carbons (Fsp3) is 0.0968. The number of aliphatic hydroxyl groups is 1. The van der Waals surface area contributed by atoms with Crippen molar-refractivity contribution in [3.05, 3.63) is 120 Å². The molecule has 1 heterocycles. The first-order valence-electron chi connectivity index (χ1n) is 11.2. The fourth-order valence-electron chi connectivity index (χ4n) is 3.89. The number of carbonyl (C=O) groups is 1. The second-order valence-electron chi connectivity index (χ2n) is 8.14. The summed E-state index contributed by atoms with van der Waals surface area (Å²) >= 11 is 0. The Morgan fingerprint density at radius 3 is 2.49 bits per heavy atom. The van der Waals surface area contributed by atoms with Gasteiger partial charge in [0.25, 0.3) is 0 Å². The number of aromatic nitrogens is 1. The van der Waals surface area contributed by atoms with Crippen LogP contribution in [0, 0.1) is 6.07 Å². The maximum atomic E-state index is 10.7. The van der Waals surface area contributed by atoms with Crippen LogP contribution in [0.2, 0.25) is 0 Å². The van der Waals surface area contributed by atoms with Gasteiger partial charge in [-0.25, -0.2) is 0 Å². The van der Waals surface area contributed by atoms with E-state index < -0.39 is 0 Å². The van der Waals surface area contributed by atoms with Gasteiger partial charge in [-0.05, 0) is 47.4 Å². The summed E-state index contributed by atoms with van der Waals surface area (Å²) in [5.41, 5.74) is 7.81. The van der Waals surface area contributed by atoms with Crippen molar-refractivity contribution in [1.82, 2.24) is 4.98 Å². The Kier molecular flexibility index (Phi) is 9.08. The molecule has 177 valence electrons. The molecule has 4 aromatic rings. The number of hydrogen-bond acceptors (Lipinski definition) is 3. The molecule has 3 nitrogen and oxygen atoms in total. The molecule has 1 aliphatic rings. The topological polar surface area (TPSA) is 50.2 Å². The van der Waals surface area contributed by atoms with E-state index in [1.54, 1.807) is 6.08 Å². The third-order valence-corrected chi connectivity index (χ3v) is 5.58. The summed E-state index contributed by atoms with van der Waals surface area (Å²) in [6, 6.07) is 27.5. The molecule has 0 saturated heterocycles. The van der Waals surface area contributed by atoms with E-state index in [0.29, 0.717) is 6.42 Å². The molecule has 0 atom stereocenters. The molecular formula is C31H26IrNO2-. The van der Waals surface area contributed by atoms with Crippen molar-refractivity contribution < 1.29 is 30.0 Å². The number of allylic oxidation sites excluding steroid dienone is 2. The van der Waals surface area contributed by atoms with Crippen LogP contribution in [0.5, 0.6) is 0 Å². The number of nitrogens with zero attached hydrogens (tertiary/aromatic N) is 1. The van der Waals surface area contributed by atoms with Crippen LogP contribution in [0.3, 0.4) is 0 Å². The molecule has 0 unspecified atom stereocenters. The molecule has 4 heteroatoms. The van der Waals surface area contributed by atoms with Crippen LogP contribution >= 0.6 is 0 Å². The number of pyridine rings is 1. The maximum absolute atomic E-state index is 10.7. The number of ketones is 1. The van der Waals surface area contributed by atoms with Crippen LogP contribution in [0.4, 0.5) is 0 Å². The standard InChI is InChI=1S/C17H10N.C14H16O2.Ir/c1-2-5-12(6-3-1)16-11-14-10-9-13-7-4-8-15(18-16)17(13)14;1-3-12-4-6-13(7-5-12)8-9-14(16)10-11(2)15;/h1-5,7-11H;3-7,10,16H,1,8-9H2,2H3;/q-1;;. The minimum Gasteiger partial charge on any atom is -0.512 e. The van der Waals surface area contributed by atoms with Crippen molar-refractivity contribution in [3.63, 3.8) is 0 Å². The summed E-state index contributed by atoms with van der Waals surface area (Å²) in [6.45, 7) is 5.11. The van der Waals surface area contributed by atoms with Crippen molar-refractivity contribution >= 4 is 34.9 Å². The molecule has 1 radical (unpaired) electrons. The average molecular weight is 637 g/mol. The molecule has 5 rings (SSSR count). The van der Waals surface area contributed by atoms with Gasteiger partial charge in [-0.3, -0.25) is 9.78 Å². The number of aliphatic hydroxyl groups excluding tert-OH is 1. The largest absolute Gasteiger partial charge is 0.512 e. The van der Waals surface area contributed by atoms with Crippen LogP contribution in [0.15, 0.2) is 91.2 Å². The van der Waals surface area contributed by atoms with Crippen LogP contribution in [0.25, 0.3) is 40.4 Å². The van der Waals surface area contributed by atoms with E-state index in [1.165, 1.54) is 29.5 Å². The molecule has 0 spiro atoms. The normalized spacial score (nSPS) is 11.4. The monoisotopic (exact) mass is 637 g/mol. The average Bonchev–Trinajstić information content (AvgIpc) is 3.28. The predicted molar refractivity (Wildman–Crippen MR) is 141 cm³/mol. The minimum atomic E-state index is -0.125. The Morgan fingerprint density at radius 2 is 1.80 bits per heavy atom. The third-order valence-electron chi connectivity index (χ3n) is 5.58. The van der Waals surface area contributed by atoms with Gasteiger partial charge in [0.2, 0.25) is 0 Å². The van der Waals surface area contributed by atoms with E-state index >= 15 is 0 Å². The van der Waals surface area contributed by atoms with E-state index in [0.717, 1.165) is 34.3 Å². The second-order valence-corrected chi connectivity index (χ2v) is 8.14. The predicted octanol–water partition coefficient (Wildman–Crippen LogP) is 7.48. The molecule has 1 aromatic heterocycles. The first kappa shape index (κ1) is 26.0. The fourth-order valence-corrected chi connectivity index (χ4v) is 3.89. The summed E-state index contributed by atoms with van der Waals surface area (Å²) in [5.74, 6) is 0.0137. The zero-order valence-electron chi connectivity index (χ0n) is 19.5. The number of carbonyl (C=O) groups excluding carboxylic acids is 1. The van der Waals surface area contributed by atoms with Gasteiger partial charge in [0.05, 0.1) is 11.3 Å². The van der Waals surface area contributed by atoms with Crippen molar-refractivity contribution in [2.45, 2.75) is 19.8 Å². The smallest absolute Gasteiger partial charge is 0.155 e. The number of rotatable bonds is 6. The number of hydrogen-bond donors (Lipinski definition) is 1. The quantitative estimate of drug-likeness (QED) is 0.120. The summed E-state index contributed by atoms with van der Waals surface area (Å²) in [5, 5.41) is 10.7. The molecule has 0 amide bonds. The van der Waals surface area contributed by atoms with Crippen LogP contribution in [-0.2, 0) is 31.3 Å². The summed E-state index contributed by atoms with van der Waals surface area (Å²) in [7, 11) is 0. The summed E-state index contributed by atoms with van der Waals surface area (Å²) in [6.07, 6.45) is 8.58.